The molecule has 1 heterocycles. The number of nitriles is 1. The van der Waals surface area contributed by atoms with Crippen molar-refractivity contribution in [2.75, 3.05) is 43.5 Å². The lowest BCUT2D eigenvalue weighted by Crippen LogP contribution is -2.52. The van der Waals surface area contributed by atoms with Gasteiger partial charge in [0.1, 0.15) is 11.8 Å². The molecule has 2 aromatic rings. The molecule has 1 saturated heterocycles. The summed E-state index contributed by atoms with van der Waals surface area (Å²) in [6, 6.07) is 17.0. The number of piperazine rings is 1. The summed E-state index contributed by atoms with van der Waals surface area (Å²) >= 11 is 0. The molecule has 0 saturated carbocycles. The average molecular weight is 364 g/mol. The molecule has 140 valence electrons. The van der Waals surface area contributed by atoms with Crippen LogP contribution in [0.1, 0.15) is 12.5 Å². The molecule has 0 spiro atoms. The van der Waals surface area contributed by atoms with E-state index in [1.807, 2.05) is 25.1 Å². The Kier molecular flexibility index (Phi) is 5.94. The van der Waals surface area contributed by atoms with Gasteiger partial charge in [0.15, 0.2) is 0 Å². The summed E-state index contributed by atoms with van der Waals surface area (Å²) < 4.78 is 5.21. The highest BCUT2D eigenvalue weighted by atomic mass is 16.5. The van der Waals surface area contributed by atoms with E-state index in [2.05, 4.69) is 33.3 Å². The van der Waals surface area contributed by atoms with E-state index in [-0.39, 0.29) is 11.9 Å². The molecule has 1 fully saturated rings. The van der Waals surface area contributed by atoms with Crippen molar-refractivity contribution in [2.24, 2.45) is 0 Å². The van der Waals surface area contributed by atoms with E-state index < -0.39 is 0 Å². The quantitative estimate of drug-likeness (QED) is 0.883. The van der Waals surface area contributed by atoms with Crippen LogP contribution in [0.3, 0.4) is 0 Å². The third-order valence-corrected chi connectivity index (χ3v) is 4.98. The predicted octanol–water partition coefficient (Wildman–Crippen LogP) is 2.72. The molecule has 0 aliphatic carbocycles. The summed E-state index contributed by atoms with van der Waals surface area (Å²) in [6.45, 7) is 5.24. The van der Waals surface area contributed by atoms with Crippen LogP contribution in [0.25, 0.3) is 0 Å². The maximum Gasteiger partial charge on any atom is 0.241 e. The number of rotatable bonds is 5. The van der Waals surface area contributed by atoms with Crippen molar-refractivity contribution >= 4 is 17.3 Å². The Balaban J connectivity index is 1.56. The van der Waals surface area contributed by atoms with Crippen LogP contribution in [0.15, 0.2) is 48.5 Å². The SMILES string of the molecule is COc1ccc(N2CCN([C@H](C)C(=O)Nc3ccccc3C#N)CC2)cc1. The molecule has 1 amide bonds. The number of nitrogens with one attached hydrogen (secondary N) is 1. The molecule has 1 N–H and O–H groups in total. The second-order valence-corrected chi connectivity index (χ2v) is 6.54. The zero-order chi connectivity index (χ0) is 19.2. The molecule has 3 rings (SSSR count). The van der Waals surface area contributed by atoms with Gasteiger partial charge in [0, 0.05) is 31.9 Å². The molecule has 6 heteroatoms. The monoisotopic (exact) mass is 364 g/mol. The maximum absolute atomic E-state index is 12.6. The number of para-hydroxylation sites is 1. The Labute approximate surface area is 160 Å². The highest BCUT2D eigenvalue weighted by Gasteiger charge is 2.26. The Morgan fingerprint density at radius 2 is 1.78 bits per heavy atom. The van der Waals surface area contributed by atoms with Gasteiger partial charge in [-0.2, -0.15) is 5.26 Å². The van der Waals surface area contributed by atoms with E-state index in [0.29, 0.717) is 11.3 Å². The van der Waals surface area contributed by atoms with Gasteiger partial charge in [-0.15, -0.1) is 0 Å². The molecule has 0 bridgehead atoms. The van der Waals surface area contributed by atoms with Crippen LogP contribution >= 0.6 is 0 Å². The number of anilines is 2. The van der Waals surface area contributed by atoms with E-state index in [1.165, 1.54) is 0 Å². The first-order valence-corrected chi connectivity index (χ1v) is 9.05. The molecule has 1 atom stereocenters. The van der Waals surface area contributed by atoms with Gasteiger partial charge in [-0.25, -0.2) is 0 Å². The second kappa shape index (κ2) is 8.56. The first-order valence-electron chi connectivity index (χ1n) is 9.05. The number of methoxy groups -OCH3 is 1. The number of nitrogens with zero attached hydrogens (tertiary/aromatic N) is 3. The molecule has 0 radical (unpaired) electrons. The van der Waals surface area contributed by atoms with Crippen LogP contribution in [0, 0.1) is 11.3 Å². The van der Waals surface area contributed by atoms with Crippen molar-refractivity contribution in [1.82, 2.24) is 4.90 Å². The van der Waals surface area contributed by atoms with Gasteiger partial charge in [0.25, 0.3) is 0 Å². The van der Waals surface area contributed by atoms with Gasteiger partial charge >= 0.3 is 0 Å². The van der Waals surface area contributed by atoms with E-state index >= 15 is 0 Å². The molecule has 1 aliphatic heterocycles. The fraction of sp³-hybridized carbons (Fsp3) is 0.333. The summed E-state index contributed by atoms with van der Waals surface area (Å²) in [6.07, 6.45) is 0. The van der Waals surface area contributed by atoms with Crippen molar-refractivity contribution in [2.45, 2.75) is 13.0 Å². The number of hydrogen-bond acceptors (Lipinski definition) is 5. The standard InChI is InChI=1S/C21H24N4O2/c1-16(21(26)23-20-6-4-3-5-17(20)15-22)24-11-13-25(14-12-24)18-7-9-19(27-2)10-8-18/h3-10,16H,11-14H2,1-2H3,(H,23,26)/t16-/m1/s1. The first kappa shape index (κ1) is 18.7. The van der Waals surface area contributed by atoms with Crippen molar-refractivity contribution < 1.29 is 9.53 Å². The summed E-state index contributed by atoms with van der Waals surface area (Å²) in [5, 5.41) is 12.0. The molecule has 0 aromatic heterocycles. The van der Waals surface area contributed by atoms with Crippen molar-refractivity contribution in [3.63, 3.8) is 0 Å². The molecular weight excluding hydrogens is 340 g/mol. The fourth-order valence-corrected chi connectivity index (χ4v) is 3.25. The number of hydrogen-bond donors (Lipinski definition) is 1. The van der Waals surface area contributed by atoms with Crippen LogP contribution in [0.4, 0.5) is 11.4 Å². The van der Waals surface area contributed by atoms with Gasteiger partial charge in [-0.3, -0.25) is 9.69 Å². The topological polar surface area (TPSA) is 68.6 Å². The van der Waals surface area contributed by atoms with Gasteiger partial charge in [-0.1, -0.05) is 12.1 Å². The minimum atomic E-state index is -0.255. The lowest BCUT2D eigenvalue weighted by Gasteiger charge is -2.38. The molecular formula is C21H24N4O2. The normalized spacial score (nSPS) is 15.7. The van der Waals surface area contributed by atoms with Crippen LogP contribution in [-0.2, 0) is 4.79 Å². The van der Waals surface area contributed by atoms with E-state index in [4.69, 9.17) is 10.00 Å². The highest BCUT2D eigenvalue weighted by molar-refractivity contribution is 5.95. The van der Waals surface area contributed by atoms with Crippen LogP contribution in [0.2, 0.25) is 0 Å². The van der Waals surface area contributed by atoms with Crippen molar-refractivity contribution in [3.05, 3.63) is 54.1 Å². The Hall–Kier alpha value is -3.04. The van der Waals surface area contributed by atoms with E-state index in [1.54, 1.807) is 25.3 Å². The number of carbonyl (C=O) groups is 1. The third kappa shape index (κ3) is 4.39. The number of amides is 1. The van der Waals surface area contributed by atoms with Crippen LogP contribution < -0.4 is 15.0 Å². The van der Waals surface area contributed by atoms with Crippen molar-refractivity contribution in [1.29, 1.82) is 5.26 Å². The number of benzene rings is 2. The zero-order valence-corrected chi connectivity index (χ0v) is 15.7. The fourth-order valence-electron chi connectivity index (χ4n) is 3.25. The maximum atomic E-state index is 12.6. The molecule has 27 heavy (non-hydrogen) atoms. The molecule has 0 unspecified atom stereocenters. The van der Waals surface area contributed by atoms with Crippen molar-refractivity contribution in [3.8, 4) is 11.8 Å². The first-order chi connectivity index (χ1) is 13.1. The van der Waals surface area contributed by atoms with Gasteiger partial charge in [-0.05, 0) is 43.3 Å². The van der Waals surface area contributed by atoms with Gasteiger partial charge in [0.2, 0.25) is 5.91 Å². The number of carbonyl (C=O) groups excluding carboxylic acids is 1. The summed E-state index contributed by atoms with van der Waals surface area (Å²) in [5.41, 5.74) is 2.20. The Morgan fingerprint density at radius 3 is 2.41 bits per heavy atom. The minimum Gasteiger partial charge on any atom is -0.497 e. The number of ether oxygens (including phenoxy) is 1. The highest BCUT2D eigenvalue weighted by Crippen LogP contribution is 2.21. The van der Waals surface area contributed by atoms with Gasteiger partial charge < -0.3 is 15.0 Å². The summed E-state index contributed by atoms with van der Waals surface area (Å²) in [5.74, 6) is 0.760. The lowest BCUT2D eigenvalue weighted by molar-refractivity contribution is -0.120. The lowest BCUT2D eigenvalue weighted by atomic mass is 10.1. The predicted molar refractivity (Wildman–Crippen MR) is 106 cm³/mol. The van der Waals surface area contributed by atoms with Crippen LogP contribution in [-0.4, -0.2) is 50.1 Å². The average Bonchev–Trinajstić information content (AvgIpc) is 2.73. The van der Waals surface area contributed by atoms with E-state index in [9.17, 15) is 4.79 Å². The largest absolute Gasteiger partial charge is 0.497 e. The Bertz CT molecular complexity index is 821. The smallest absolute Gasteiger partial charge is 0.241 e. The minimum absolute atomic E-state index is 0.0874. The zero-order valence-electron chi connectivity index (χ0n) is 15.7. The second-order valence-electron chi connectivity index (χ2n) is 6.54. The van der Waals surface area contributed by atoms with Gasteiger partial charge in [0.05, 0.1) is 24.4 Å². The van der Waals surface area contributed by atoms with E-state index in [0.717, 1.165) is 37.6 Å². The molecule has 6 nitrogen and oxygen atoms in total. The Morgan fingerprint density at radius 1 is 1.11 bits per heavy atom. The summed E-state index contributed by atoms with van der Waals surface area (Å²) in [7, 11) is 1.66. The third-order valence-electron chi connectivity index (χ3n) is 4.98. The molecule has 1 aliphatic rings. The summed E-state index contributed by atoms with van der Waals surface area (Å²) in [4.78, 5) is 17.1. The molecule has 2 aromatic carbocycles. The van der Waals surface area contributed by atoms with Crippen LogP contribution in [0.5, 0.6) is 5.75 Å².